The summed E-state index contributed by atoms with van der Waals surface area (Å²) >= 11 is -2.46. The maximum atomic E-state index is 11.8. The van der Waals surface area contributed by atoms with Crippen LogP contribution in [-0.2, 0) is 7.84 Å². The van der Waals surface area contributed by atoms with E-state index in [4.69, 9.17) is 4.74 Å². The SMILES string of the molecule is CCOC(=O)NCC[Te](=O)c1ccccc1. The van der Waals surface area contributed by atoms with Crippen molar-refractivity contribution in [3.05, 3.63) is 30.3 Å². The second-order valence-electron chi connectivity index (χ2n) is 3.01. The molecule has 0 heterocycles. The van der Waals surface area contributed by atoms with E-state index in [9.17, 15) is 7.90 Å². The van der Waals surface area contributed by atoms with E-state index in [1.54, 1.807) is 6.92 Å². The Morgan fingerprint density at radius 2 is 2.06 bits per heavy atom. The third kappa shape index (κ3) is 4.73. The van der Waals surface area contributed by atoms with Gasteiger partial charge >= 0.3 is 102 Å². The first-order chi connectivity index (χ1) is 7.74. The molecule has 1 aromatic rings. The van der Waals surface area contributed by atoms with Crippen LogP contribution in [0.3, 0.4) is 0 Å². The Bertz CT molecular complexity index is 354. The third-order valence-electron chi connectivity index (χ3n) is 1.84. The fourth-order valence-electron chi connectivity index (χ4n) is 1.12. The quantitative estimate of drug-likeness (QED) is 0.818. The molecule has 0 radical (unpaired) electrons. The summed E-state index contributed by atoms with van der Waals surface area (Å²) in [6, 6.07) is 9.38. The minimum absolute atomic E-state index is 0.352. The van der Waals surface area contributed by atoms with Crippen LogP contribution >= 0.6 is 0 Å². The first kappa shape index (κ1) is 13.1. The van der Waals surface area contributed by atoms with E-state index in [1.165, 1.54) is 0 Å². The van der Waals surface area contributed by atoms with Crippen LogP contribution in [0.25, 0.3) is 0 Å². The number of nitrogens with one attached hydrogen (secondary N) is 1. The van der Waals surface area contributed by atoms with Crippen LogP contribution < -0.4 is 8.93 Å². The summed E-state index contributed by atoms with van der Waals surface area (Å²) in [4.78, 5) is 10.9. The van der Waals surface area contributed by atoms with Crippen molar-refractivity contribution in [3.63, 3.8) is 0 Å². The molecule has 88 valence electrons. The van der Waals surface area contributed by atoms with Crippen LogP contribution in [0.1, 0.15) is 6.92 Å². The van der Waals surface area contributed by atoms with Crippen molar-refractivity contribution in [2.75, 3.05) is 13.2 Å². The van der Waals surface area contributed by atoms with Crippen molar-refractivity contribution >= 4 is 29.2 Å². The molecule has 0 aliphatic rings. The predicted molar refractivity (Wildman–Crippen MR) is 62.3 cm³/mol. The van der Waals surface area contributed by atoms with Crippen LogP contribution in [0.15, 0.2) is 30.3 Å². The number of carbonyl (C=O) groups is 1. The second-order valence-corrected chi connectivity index (χ2v) is 7.49. The zero-order chi connectivity index (χ0) is 11.8. The van der Waals surface area contributed by atoms with E-state index >= 15 is 0 Å². The zero-order valence-corrected chi connectivity index (χ0v) is 11.5. The molecule has 16 heavy (non-hydrogen) atoms. The molecule has 0 bridgehead atoms. The van der Waals surface area contributed by atoms with E-state index < -0.39 is 25.6 Å². The van der Waals surface area contributed by atoms with Gasteiger partial charge in [0.25, 0.3) is 0 Å². The molecule has 0 saturated heterocycles. The van der Waals surface area contributed by atoms with Gasteiger partial charge in [-0.05, 0) is 0 Å². The Morgan fingerprint density at radius 1 is 1.38 bits per heavy atom. The van der Waals surface area contributed by atoms with Gasteiger partial charge in [-0.25, -0.2) is 0 Å². The number of hydrogen-bond acceptors (Lipinski definition) is 3. The van der Waals surface area contributed by atoms with Crippen LogP contribution in [0.4, 0.5) is 4.79 Å². The standard InChI is InChI=1S/C11H15NO3Te/c1-2-15-11(13)12-8-9-16(14)10-6-4-3-5-7-10/h3-7H,2,8-9H2,1H3,(H,12,13). The number of ether oxygens (including phenoxy) is 1. The van der Waals surface area contributed by atoms with Gasteiger partial charge in [-0.1, -0.05) is 0 Å². The molecule has 0 aliphatic heterocycles. The monoisotopic (exact) mass is 339 g/mol. The van der Waals surface area contributed by atoms with Crippen molar-refractivity contribution in [3.8, 4) is 0 Å². The number of alkyl carbamates (subject to hydrolysis) is 1. The van der Waals surface area contributed by atoms with Gasteiger partial charge in [-0.2, -0.15) is 0 Å². The number of rotatable bonds is 5. The van der Waals surface area contributed by atoms with Crippen molar-refractivity contribution in [1.29, 1.82) is 0 Å². The number of hydrogen-bond donors (Lipinski definition) is 1. The number of amides is 1. The van der Waals surface area contributed by atoms with Crippen molar-refractivity contribution < 1.29 is 12.6 Å². The first-order valence-electron chi connectivity index (χ1n) is 5.08. The third-order valence-corrected chi connectivity index (χ3v) is 5.76. The summed E-state index contributed by atoms with van der Waals surface area (Å²) < 4.78 is 18.0. The van der Waals surface area contributed by atoms with Crippen LogP contribution in [-0.4, -0.2) is 38.8 Å². The molecule has 1 N–H and O–H groups in total. The Balaban J connectivity index is 2.29. The summed E-state index contributed by atoms with van der Waals surface area (Å²) in [6.07, 6.45) is -0.442. The fraction of sp³-hybridized carbons (Fsp3) is 0.364. The molecule has 0 fully saturated rings. The predicted octanol–water partition coefficient (Wildman–Crippen LogP) is 1.06. The first-order valence-corrected chi connectivity index (χ1v) is 8.84. The average Bonchev–Trinajstić information content (AvgIpc) is 2.30. The molecular weight excluding hydrogens is 322 g/mol. The average molecular weight is 337 g/mol. The summed E-state index contributed by atoms with van der Waals surface area (Å²) in [7, 11) is 0. The topological polar surface area (TPSA) is 55.4 Å². The van der Waals surface area contributed by atoms with E-state index in [1.807, 2.05) is 30.3 Å². The Kier molecular flexibility index (Phi) is 6.05. The van der Waals surface area contributed by atoms with E-state index in [2.05, 4.69) is 5.32 Å². The van der Waals surface area contributed by atoms with Gasteiger partial charge in [-0.3, -0.25) is 0 Å². The van der Waals surface area contributed by atoms with E-state index in [0.717, 1.165) is 3.61 Å². The van der Waals surface area contributed by atoms with E-state index in [-0.39, 0.29) is 0 Å². The van der Waals surface area contributed by atoms with Gasteiger partial charge < -0.3 is 0 Å². The summed E-state index contributed by atoms with van der Waals surface area (Å²) in [5, 5.41) is 2.57. The minimum atomic E-state index is -2.46. The van der Waals surface area contributed by atoms with Crippen LogP contribution in [0.2, 0.25) is 4.47 Å². The molecule has 0 aliphatic carbocycles. The van der Waals surface area contributed by atoms with Gasteiger partial charge in [0.05, 0.1) is 0 Å². The fourth-order valence-corrected chi connectivity index (χ4v) is 3.93. The van der Waals surface area contributed by atoms with Gasteiger partial charge in [0.2, 0.25) is 0 Å². The Hall–Kier alpha value is -0.920. The van der Waals surface area contributed by atoms with E-state index in [0.29, 0.717) is 17.6 Å². The number of benzene rings is 1. The zero-order valence-electron chi connectivity index (χ0n) is 9.14. The molecule has 0 saturated carbocycles. The second kappa shape index (κ2) is 7.37. The molecule has 0 spiro atoms. The van der Waals surface area contributed by atoms with Gasteiger partial charge in [-0.15, -0.1) is 0 Å². The van der Waals surface area contributed by atoms with Crippen molar-refractivity contribution in [1.82, 2.24) is 5.32 Å². The molecule has 1 amide bonds. The number of carbonyl (C=O) groups excluding carboxylic acids is 1. The van der Waals surface area contributed by atoms with Crippen LogP contribution in [0, 0.1) is 0 Å². The summed E-state index contributed by atoms with van der Waals surface area (Å²) in [5.74, 6) is 0. The molecule has 0 atom stereocenters. The van der Waals surface area contributed by atoms with Gasteiger partial charge in [0, 0.05) is 0 Å². The maximum absolute atomic E-state index is 11.8. The molecule has 1 rings (SSSR count). The van der Waals surface area contributed by atoms with Gasteiger partial charge in [0.1, 0.15) is 0 Å². The molecule has 5 heteroatoms. The Morgan fingerprint density at radius 3 is 2.69 bits per heavy atom. The van der Waals surface area contributed by atoms with Crippen LogP contribution in [0.5, 0.6) is 0 Å². The molecule has 0 aromatic heterocycles. The summed E-state index contributed by atoms with van der Waals surface area (Å²) in [5.41, 5.74) is 0. The summed E-state index contributed by atoms with van der Waals surface area (Å²) in [6.45, 7) is 2.51. The Labute approximate surface area is 102 Å². The molecule has 0 unspecified atom stereocenters. The van der Waals surface area contributed by atoms with Crippen molar-refractivity contribution in [2.24, 2.45) is 0 Å². The molecular formula is C11H15NO3Te. The molecule has 4 nitrogen and oxygen atoms in total. The normalized spacial score (nSPS) is 10.1. The molecule has 1 aromatic carbocycles. The van der Waals surface area contributed by atoms with Gasteiger partial charge in [0.15, 0.2) is 0 Å². The van der Waals surface area contributed by atoms with Crippen molar-refractivity contribution in [2.45, 2.75) is 11.4 Å².